The number of carbonyl (C=O) groups excluding carboxylic acids is 2. The highest BCUT2D eigenvalue weighted by Crippen LogP contribution is 2.12. The van der Waals surface area contributed by atoms with Gasteiger partial charge in [-0.25, -0.2) is 0 Å². The maximum Gasteiger partial charge on any atom is 0.243 e. The number of halogens is 2. The van der Waals surface area contributed by atoms with E-state index in [0.29, 0.717) is 10.7 Å². The third kappa shape index (κ3) is 7.87. The van der Waals surface area contributed by atoms with Crippen molar-refractivity contribution in [2.45, 2.75) is 12.5 Å². The van der Waals surface area contributed by atoms with Gasteiger partial charge in [0.25, 0.3) is 0 Å². The molecule has 1 aromatic carbocycles. The van der Waals surface area contributed by atoms with E-state index in [0.717, 1.165) is 0 Å². The summed E-state index contributed by atoms with van der Waals surface area (Å²) in [7, 11) is 1.48. The van der Waals surface area contributed by atoms with E-state index < -0.39 is 0 Å². The van der Waals surface area contributed by atoms with Crippen LogP contribution in [0.4, 0.5) is 5.69 Å². The molecule has 1 aromatic rings. The molecular formula is C13H19Cl2N3O3. The minimum absolute atomic E-state index is 0. The van der Waals surface area contributed by atoms with Gasteiger partial charge in [-0.05, 0) is 24.3 Å². The van der Waals surface area contributed by atoms with Crippen molar-refractivity contribution in [1.82, 2.24) is 5.32 Å². The third-order valence-electron chi connectivity index (χ3n) is 2.58. The fraction of sp³-hybridized carbons (Fsp3) is 0.385. The molecule has 0 spiro atoms. The van der Waals surface area contributed by atoms with Gasteiger partial charge in [-0.15, -0.1) is 12.4 Å². The molecule has 8 heteroatoms. The Labute approximate surface area is 134 Å². The van der Waals surface area contributed by atoms with Crippen molar-refractivity contribution in [1.29, 1.82) is 0 Å². The van der Waals surface area contributed by atoms with Crippen LogP contribution in [-0.4, -0.2) is 38.1 Å². The van der Waals surface area contributed by atoms with Crippen LogP contribution < -0.4 is 16.4 Å². The van der Waals surface area contributed by atoms with Crippen LogP contribution in [0, 0.1) is 0 Å². The fourth-order valence-electron chi connectivity index (χ4n) is 1.46. The summed E-state index contributed by atoms with van der Waals surface area (Å²) >= 11 is 5.74. The molecule has 0 aliphatic carbocycles. The summed E-state index contributed by atoms with van der Waals surface area (Å²) in [5, 5.41) is 5.72. The third-order valence-corrected chi connectivity index (χ3v) is 2.84. The van der Waals surface area contributed by atoms with Gasteiger partial charge in [-0.2, -0.15) is 0 Å². The van der Waals surface area contributed by atoms with Crippen LogP contribution in [0.2, 0.25) is 5.02 Å². The summed E-state index contributed by atoms with van der Waals surface area (Å²) in [6.45, 7) is 0.142. The Morgan fingerprint density at radius 3 is 2.43 bits per heavy atom. The molecule has 0 aromatic heterocycles. The summed E-state index contributed by atoms with van der Waals surface area (Å²) in [5.41, 5.74) is 6.02. The first kappa shape index (κ1) is 19.7. The van der Waals surface area contributed by atoms with Gasteiger partial charge < -0.3 is 21.1 Å². The number of nitrogens with one attached hydrogen (secondary N) is 2. The zero-order valence-electron chi connectivity index (χ0n) is 11.6. The normalized spacial score (nSPS) is 11.2. The molecular weight excluding hydrogens is 317 g/mol. The number of hydrogen-bond donors (Lipinski definition) is 3. The number of ether oxygens (including phenoxy) is 1. The molecule has 21 heavy (non-hydrogen) atoms. The summed E-state index contributed by atoms with van der Waals surface area (Å²) < 4.78 is 4.98. The van der Waals surface area contributed by atoms with Crippen molar-refractivity contribution in [3.8, 4) is 0 Å². The van der Waals surface area contributed by atoms with E-state index in [1.54, 1.807) is 24.3 Å². The molecule has 0 fully saturated rings. The number of carbonyl (C=O) groups is 2. The van der Waals surface area contributed by atoms with E-state index >= 15 is 0 Å². The Hall–Kier alpha value is -1.34. The zero-order valence-corrected chi connectivity index (χ0v) is 13.2. The van der Waals surface area contributed by atoms with Crippen LogP contribution in [0.25, 0.3) is 0 Å². The molecule has 0 bridgehead atoms. The number of nitrogens with two attached hydrogens (primary N) is 1. The average molecular weight is 336 g/mol. The Kier molecular flexibility index (Phi) is 9.73. The Morgan fingerprint density at radius 1 is 1.29 bits per heavy atom. The fourth-order valence-corrected chi connectivity index (χ4v) is 1.59. The molecule has 118 valence electrons. The van der Waals surface area contributed by atoms with E-state index in [9.17, 15) is 9.59 Å². The lowest BCUT2D eigenvalue weighted by atomic mass is 10.2. The standard InChI is InChI=1S/C13H18ClN3O3.ClH/c1-20-11(7-15)6-12(18)16-8-13(19)17-10-4-2-9(14)3-5-10;/h2-5,11H,6-8,15H2,1H3,(H,16,18)(H,17,19);1H. The zero-order chi connectivity index (χ0) is 15.0. The lowest BCUT2D eigenvalue weighted by Gasteiger charge is -2.12. The smallest absolute Gasteiger partial charge is 0.243 e. The van der Waals surface area contributed by atoms with Crippen molar-refractivity contribution in [3.63, 3.8) is 0 Å². The quantitative estimate of drug-likeness (QED) is 0.697. The first-order chi connectivity index (χ1) is 9.55. The Morgan fingerprint density at radius 2 is 1.90 bits per heavy atom. The molecule has 0 aliphatic rings. The van der Waals surface area contributed by atoms with Crippen molar-refractivity contribution in [2.75, 3.05) is 25.5 Å². The molecule has 6 nitrogen and oxygen atoms in total. The maximum atomic E-state index is 11.6. The van der Waals surface area contributed by atoms with Gasteiger partial charge in [0.05, 0.1) is 19.1 Å². The summed E-state index contributed by atoms with van der Waals surface area (Å²) in [4.78, 5) is 23.1. The van der Waals surface area contributed by atoms with E-state index in [4.69, 9.17) is 22.1 Å². The molecule has 0 saturated heterocycles. The highest BCUT2D eigenvalue weighted by atomic mass is 35.5. The highest BCUT2D eigenvalue weighted by molar-refractivity contribution is 6.30. The Bertz CT molecular complexity index is 450. The van der Waals surface area contributed by atoms with Crippen LogP contribution in [0.15, 0.2) is 24.3 Å². The average Bonchev–Trinajstić information content (AvgIpc) is 2.45. The van der Waals surface area contributed by atoms with E-state index in [1.165, 1.54) is 7.11 Å². The molecule has 1 rings (SSSR count). The first-order valence-corrected chi connectivity index (χ1v) is 6.48. The molecule has 1 unspecified atom stereocenters. The van der Waals surface area contributed by atoms with E-state index in [2.05, 4.69) is 10.6 Å². The van der Waals surface area contributed by atoms with Crippen LogP contribution in [0.1, 0.15) is 6.42 Å². The number of hydrogen-bond acceptors (Lipinski definition) is 4. The topological polar surface area (TPSA) is 93.4 Å². The number of benzene rings is 1. The SMILES string of the molecule is COC(CN)CC(=O)NCC(=O)Nc1ccc(Cl)cc1.Cl. The van der Waals surface area contributed by atoms with E-state index in [-0.39, 0.29) is 49.8 Å². The van der Waals surface area contributed by atoms with Crippen LogP contribution in [0.5, 0.6) is 0 Å². The van der Waals surface area contributed by atoms with Crippen molar-refractivity contribution in [3.05, 3.63) is 29.3 Å². The van der Waals surface area contributed by atoms with Gasteiger partial charge in [0.1, 0.15) is 0 Å². The van der Waals surface area contributed by atoms with Gasteiger partial charge in [0.2, 0.25) is 11.8 Å². The highest BCUT2D eigenvalue weighted by Gasteiger charge is 2.12. The lowest BCUT2D eigenvalue weighted by molar-refractivity contribution is -0.125. The van der Waals surface area contributed by atoms with Crippen molar-refractivity contribution in [2.24, 2.45) is 5.73 Å². The van der Waals surface area contributed by atoms with Crippen molar-refractivity contribution >= 4 is 41.5 Å². The number of anilines is 1. The van der Waals surface area contributed by atoms with Crippen LogP contribution in [0.3, 0.4) is 0 Å². The molecule has 0 aliphatic heterocycles. The monoisotopic (exact) mass is 335 g/mol. The van der Waals surface area contributed by atoms with Crippen molar-refractivity contribution < 1.29 is 14.3 Å². The molecule has 0 radical (unpaired) electrons. The molecule has 1 atom stereocenters. The van der Waals surface area contributed by atoms with Crippen LogP contribution >= 0.6 is 24.0 Å². The second kappa shape index (κ2) is 10.4. The first-order valence-electron chi connectivity index (χ1n) is 6.10. The second-order valence-electron chi connectivity index (χ2n) is 4.13. The van der Waals surface area contributed by atoms with Gasteiger partial charge in [0, 0.05) is 24.4 Å². The number of amides is 2. The molecule has 0 heterocycles. The Balaban J connectivity index is 0.00000400. The molecule has 0 saturated carbocycles. The number of rotatable bonds is 7. The molecule has 2 amide bonds. The van der Waals surface area contributed by atoms with Gasteiger partial charge in [0.15, 0.2) is 0 Å². The minimum Gasteiger partial charge on any atom is -0.380 e. The van der Waals surface area contributed by atoms with Gasteiger partial charge in [-0.3, -0.25) is 9.59 Å². The predicted molar refractivity (Wildman–Crippen MR) is 84.8 cm³/mol. The summed E-state index contributed by atoms with van der Waals surface area (Å²) in [5.74, 6) is -0.601. The second-order valence-corrected chi connectivity index (χ2v) is 4.57. The van der Waals surface area contributed by atoms with E-state index in [1.807, 2.05) is 0 Å². The summed E-state index contributed by atoms with van der Waals surface area (Å²) in [6.07, 6.45) is -0.212. The largest absolute Gasteiger partial charge is 0.380 e. The predicted octanol–water partition coefficient (Wildman–Crippen LogP) is 1.18. The summed E-state index contributed by atoms with van der Waals surface area (Å²) in [6, 6.07) is 6.69. The molecule has 4 N–H and O–H groups in total. The van der Waals surface area contributed by atoms with Gasteiger partial charge >= 0.3 is 0 Å². The lowest BCUT2D eigenvalue weighted by Crippen LogP contribution is -2.36. The maximum absolute atomic E-state index is 11.6. The minimum atomic E-state index is -0.339. The van der Waals surface area contributed by atoms with Crippen LogP contribution in [-0.2, 0) is 14.3 Å². The van der Waals surface area contributed by atoms with Gasteiger partial charge in [-0.1, -0.05) is 11.6 Å². The number of methoxy groups -OCH3 is 1.